The number of carbonyl (C=O) groups is 1. The predicted molar refractivity (Wildman–Crippen MR) is 94.4 cm³/mol. The molecular weight excluding hydrogens is 286 g/mol. The van der Waals surface area contributed by atoms with Crippen molar-refractivity contribution >= 4 is 11.6 Å². The second-order valence-electron chi connectivity index (χ2n) is 5.61. The van der Waals surface area contributed by atoms with Gasteiger partial charge in [-0.25, -0.2) is 0 Å². The predicted octanol–water partition coefficient (Wildman–Crippen LogP) is 3.73. The third kappa shape index (κ3) is 4.68. The van der Waals surface area contributed by atoms with Crippen LogP contribution in [0.15, 0.2) is 61.3 Å². The molecule has 2 aromatic rings. The molecule has 0 atom stereocenters. The highest BCUT2D eigenvalue weighted by Gasteiger charge is 2.20. The molecule has 1 amide bonds. The molecule has 0 spiro atoms. The van der Waals surface area contributed by atoms with E-state index in [0.717, 1.165) is 11.3 Å². The number of rotatable bonds is 7. The van der Waals surface area contributed by atoms with Gasteiger partial charge >= 0.3 is 0 Å². The maximum atomic E-state index is 12.8. The molecule has 1 aromatic heterocycles. The van der Waals surface area contributed by atoms with Crippen LogP contribution in [-0.2, 0) is 6.54 Å². The van der Waals surface area contributed by atoms with Crippen LogP contribution < -0.4 is 5.32 Å². The van der Waals surface area contributed by atoms with E-state index in [0.29, 0.717) is 18.8 Å². The van der Waals surface area contributed by atoms with Crippen molar-refractivity contribution in [1.29, 1.82) is 0 Å². The first-order valence-corrected chi connectivity index (χ1v) is 7.77. The molecule has 1 N–H and O–H groups in total. The second-order valence-corrected chi connectivity index (χ2v) is 5.61. The fraction of sp³-hybridized carbons (Fsp3) is 0.263. The normalized spacial score (nSPS) is 10.4. The van der Waals surface area contributed by atoms with Gasteiger partial charge in [0.2, 0.25) is 0 Å². The van der Waals surface area contributed by atoms with Crippen molar-refractivity contribution in [2.45, 2.75) is 26.4 Å². The first-order valence-electron chi connectivity index (χ1n) is 7.77. The molecule has 0 aliphatic carbocycles. The summed E-state index contributed by atoms with van der Waals surface area (Å²) in [4.78, 5) is 18.9. The number of nitrogens with one attached hydrogen (secondary N) is 1. The number of carbonyl (C=O) groups excluding carboxylic acids is 1. The average molecular weight is 309 g/mol. The Morgan fingerprint density at radius 2 is 2.04 bits per heavy atom. The number of pyridine rings is 1. The number of amides is 1. The van der Waals surface area contributed by atoms with Gasteiger partial charge < -0.3 is 10.2 Å². The van der Waals surface area contributed by atoms with Crippen molar-refractivity contribution in [2.75, 3.05) is 11.9 Å². The summed E-state index contributed by atoms with van der Waals surface area (Å²) < 4.78 is 0. The van der Waals surface area contributed by atoms with Crippen molar-refractivity contribution in [2.24, 2.45) is 0 Å². The molecule has 0 bridgehead atoms. The average Bonchev–Trinajstić information content (AvgIpc) is 2.58. The highest BCUT2D eigenvalue weighted by molar-refractivity contribution is 5.93. The largest absolute Gasteiger partial charge is 0.381 e. The second kappa shape index (κ2) is 8.13. The van der Waals surface area contributed by atoms with Crippen molar-refractivity contribution in [1.82, 2.24) is 9.88 Å². The minimum absolute atomic E-state index is 0.0638. The quantitative estimate of drug-likeness (QED) is 0.793. The zero-order chi connectivity index (χ0) is 16.7. The van der Waals surface area contributed by atoms with Gasteiger partial charge in [-0.1, -0.05) is 36.4 Å². The lowest BCUT2D eigenvalue weighted by atomic mass is 10.1. The molecule has 1 aromatic carbocycles. The number of benzene rings is 1. The van der Waals surface area contributed by atoms with Gasteiger partial charge in [-0.15, -0.1) is 6.58 Å². The first kappa shape index (κ1) is 16.7. The lowest BCUT2D eigenvalue weighted by molar-refractivity contribution is 0.0684. The first-order chi connectivity index (χ1) is 11.1. The highest BCUT2D eigenvalue weighted by Crippen LogP contribution is 2.15. The van der Waals surface area contributed by atoms with Crippen LogP contribution in [0.2, 0.25) is 0 Å². The van der Waals surface area contributed by atoms with E-state index in [1.54, 1.807) is 18.3 Å². The van der Waals surface area contributed by atoms with E-state index in [-0.39, 0.29) is 11.9 Å². The van der Waals surface area contributed by atoms with Crippen LogP contribution in [0, 0.1) is 0 Å². The maximum Gasteiger partial charge on any atom is 0.273 e. The van der Waals surface area contributed by atoms with Gasteiger partial charge in [0, 0.05) is 31.0 Å². The van der Waals surface area contributed by atoms with E-state index >= 15 is 0 Å². The Morgan fingerprint density at radius 1 is 1.30 bits per heavy atom. The monoisotopic (exact) mass is 309 g/mol. The molecule has 1 heterocycles. The Labute approximate surface area is 137 Å². The number of nitrogens with zero attached hydrogens (tertiary/aromatic N) is 2. The highest BCUT2D eigenvalue weighted by atomic mass is 16.2. The Hall–Kier alpha value is -2.62. The van der Waals surface area contributed by atoms with Crippen molar-refractivity contribution in [3.63, 3.8) is 0 Å². The maximum absolute atomic E-state index is 12.8. The van der Waals surface area contributed by atoms with E-state index in [9.17, 15) is 4.79 Å². The number of hydrogen-bond donors (Lipinski definition) is 1. The summed E-state index contributed by atoms with van der Waals surface area (Å²) in [5.41, 5.74) is 2.42. The fourth-order valence-electron chi connectivity index (χ4n) is 2.26. The van der Waals surface area contributed by atoms with Crippen LogP contribution >= 0.6 is 0 Å². The van der Waals surface area contributed by atoms with E-state index < -0.39 is 0 Å². The molecule has 0 radical (unpaired) electrons. The molecular formula is C19H23N3O. The summed E-state index contributed by atoms with van der Waals surface area (Å²) in [5.74, 6) is -0.0638. The molecule has 2 rings (SSSR count). The van der Waals surface area contributed by atoms with Gasteiger partial charge in [-0.2, -0.15) is 0 Å². The van der Waals surface area contributed by atoms with Gasteiger partial charge in [-0.05, 0) is 31.5 Å². The molecule has 23 heavy (non-hydrogen) atoms. The third-order valence-electron chi connectivity index (χ3n) is 3.51. The molecule has 0 saturated heterocycles. The van der Waals surface area contributed by atoms with E-state index in [2.05, 4.69) is 16.9 Å². The SMILES string of the molecule is C=CCNc1ccnc(C(=O)N(Cc2ccccc2)C(C)C)c1. The Balaban J connectivity index is 2.19. The van der Waals surface area contributed by atoms with Gasteiger partial charge in [0.1, 0.15) is 5.69 Å². The van der Waals surface area contributed by atoms with Crippen molar-refractivity contribution in [3.05, 3.63) is 72.6 Å². The van der Waals surface area contributed by atoms with Crippen LogP contribution in [0.4, 0.5) is 5.69 Å². The molecule has 0 unspecified atom stereocenters. The zero-order valence-electron chi connectivity index (χ0n) is 13.7. The van der Waals surface area contributed by atoms with Crippen molar-refractivity contribution < 1.29 is 4.79 Å². The summed E-state index contributed by atoms with van der Waals surface area (Å²) in [6.45, 7) is 8.93. The smallest absolute Gasteiger partial charge is 0.273 e. The molecule has 0 aliphatic rings. The Bertz CT molecular complexity index is 653. The molecule has 0 saturated carbocycles. The Kier molecular flexibility index (Phi) is 5.92. The molecule has 4 heteroatoms. The van der Waals surface area contributed by atoms with E-state index in [1.807, 2.05) is 55.1 Å². The van der Waals surface area contributed by atoms with Gasteiger partial charge in [0.05, 0.1) is 0 Å². The van der Waals surface area contributed by atoms with Crippen LogP contribution in [0.1, 0.15) is 29.9 Å². The summed E-state index contributed by atoms with van der Waals surface area (Å²) in [6, 6.07) is 13.7. The lowest BCUT2D eigenvalue weighted by Gasteiger charge is -2.26. The summed E-state index contributed by atoms with van der Waals surface area (Å²) in [7, 11) is 0. The summed E-state index contributed by atoms with van der Waals surface area (Å²) >= 11 is 0. The molecule has 0 fully saturated rings. The number of anilines is 1. The van der Waals surface area contributed by atoms with Crippen molar-refractivity contribution in [3.8, 4) is 0 Å². The minimum Gasteiger partial charge on any atom is -0.381 e. The molecule has 0 aliphatic heterocycles. The van der Waals surface area contributed by atoms with Gasteiger partial charge in [0.25, 0.3) is 5.91 Å². The lowest BCUT2D eigenvalue weighted by Crippen LogP contribution is -2.36. The Morgan fingerprint density at radius 3 is 2.70 bits per heavy atom. The molecule has 120 valence electrons. The van der Waals surface area contributed by atoms with Gasteiger partial charge in [0.15, 0.2) is 0 Å². The van der Waals surface area contributed by atoms with Gasteiger partial charge in [-0.3, -0.25) is 9.78 Å². The summed E-state index contributed by atoms with van der Waals surface area (Å²) in [6.07, 6.45) is 3.43. The number of aromatic nitrogens is 1. The van der Waals surface area contributed by atoms with Crippen LogP contribution in [0.3, 0.4) is 0 Å². The third-order valence-corrected chi connectivity index (χ3v) is 3.51. The standard InChI is InChI=1S/C19H23N3O/c1-4-11-20-17-10-12-21-18(13-17)19(23)22(15(2)3)14-16-8-6-5-7-9-16/h4-10,12-13,15H,1,11,14H2,2-3H3,(H,20,21). The summed E-state index contributed by atoms with van der Waals surface area (Å²) in [5, 5.41) is 3.18. The van der Waals surface area contributed by atoms with Crippen LogP contribution in [-0.4, -0.2) is 28.4 Å². The number of hydrogen-bond acceptors (Lipinski definition) is 3. The topological polar surface area (TPSA) is 45.2 Å². The van der Waals surface area contributed by atoms with Crippen LogP contribution in [0.5, 0.6) is 0 Å². The zero-order valence-corrected chi connectivity index (χ0v) is 13.7. The fourth-order valence-corrected chi connectivity index (χ4v) is 2.26. The van der Waals surface area contributed by atoms with E-state index in [4.69, 9.17) is 0 Å². The van der Waals surface area contributed by atoms with Crippen LogP contribution in [0.25, 0.3) is 0 Å². The molecule has 4 nitrogen and oxygen atoms in total. The minimum atomic E-state index is -0.0638. The van der Waals surface area contributed by atoms with E-state index in [1.165, 1.54) is 0 Å².